The third kappa shape index (κ3) is 6.21. The van der Waals surface area contributed by atoms with Gasteiger partial charge in [-0.05, 0) is 25.7 Å². The summed E-state index contributed by atoms with van der Waals surface area (Å²) in [5, 5.41) is 6.29. The van der Waals surface area contributed by atoms with Crippen molar-refractivity contribution in [2.24, 2.45) is 10.9 Å². The molecule has 96 valence electrons. The molecule has 3 nitrogen and oxygen atoms in total. The van der Waals surface area contributed by atoms with Crippen LogP contribution in [0.5, 0.6) is 0 Å². The minimum Gasteiger partial charge on any atom is -0.357 e. The van der Waals surface area contributed by atoms with E-state index in [-0.39, 0.29) is 0 Å². The van der Waals surface area contributed by atoms with Gasteiger partial charge in [0.15, 0.2) is 5.96 Å². The van der Waals surface area contributed by atoms with Crippen molar-refractivity contribution in [3.8, 4) is 12.3 Å². The monoisotopic (exact) mass is 235 g/mol. The highest BCUT2D eigenvalue weighted by Crippen LogP contribution is 2.28. The molecule has 0 amide bonds. The van der Waals surface area contributed by atoms with Gasteiger partial charge in [0.05, 0.1) is 6.54 Å². The van der Waals surface area contributed by atoms with Gasteiger partial charge >= 0.3 is 0 Å². The van der Waals surface area contributed by atoms with Gasteiger partial charge in [-0.15, -0.1) is 6.42 Å². The largest absolute Gasteiger partial charge is 0.357 e. The van der Waals surface area contributed by atoms with E-state index in [1.807, 2.05) is 0 Å². The topological polar surface area (TPSA) is 36.4 Å². The van der Waals surface area contributed by atoms with Crippen molar-refractivity contribution in [1.82, 2.24) is 10.6 Å². The molecule has 1 fully saturated rings. The molecule has 0 spiro atoms. The molecule has 0 aromatic heterocycles. The zero-order valence-electron chi connectivity index (χ0n) is 11.0. The van der Waals surface area contributed by atoms with E-state index in [0.29, 0.717) is 6.54 Å². The molecule has 2 N–H and O–H groups in total. The maximum Gasteiger partial charge on any atom is 0.192 e. The molecule has 0 aliphatic heterocycles. The van der Waals surface area contributed by atoms with Crippen LogP contribution in [-0.4, -0.2) is 25.6 Å². The lowest BCUT2D eigenvalue weighted by Crippen LogP contribution is -2.37. The Balaban J connectivity index is 2.15. The SMILES string of the molecule is C#CCNC(=NCCCC1CCCC1)NCC. The maximum absolute atomic E-state index is 5.22. The first kappa shape index (κ1) is 13.9. The van der Waals surface area contributed by atoms with Gasteiger partial charge in [0.1, 0.15) is 0 Å². The van der Waals surface area contributed by atoms with Gasteiger partial charge in [0, 0.05) is 13.1 Å². The van der Waals surface area contributed by atoms with E-state index in [1.165, 1.54) is 38.5 Å². The van der Waals surface area contributed by atoms with Crippen molar-refractivity contribution < 1.29 is 0 Å². The van der Waals surface area contributed by atoms with Crippen LogP contribution in [-0.2, 0) is 0 Å². The van der Waals surface area contributed by atoms with Crippen molar-refractivity contribution in [2.45, 2.75) is 45.4 Å². The van der Waals surface area contributed by atoms with E-state index in [2.05, 4.69) is 28.5 Å². The first-order valence-electron chi connectivity index (χ1n) is 6.82. The summed E-state index contributed by atoms with van der Waals surface area (Å²) in [6.45, 7) is 4.37. The second kappa shape index (κ2) is 8.92. The summed E-state index contributed by atoms with van der Waals surface area (Å²) in [6.07, 6.45) is 13.5. The van der Waals surface area contributed by atoms with Gasteiger partial charge in [0.25, 0.3) is 0 Å². The van der Waals surface area contributed by atoms with Crippen LogP contribution in [0.25, 0.3) is 0 Å². The molecule has 0 unspecified atom stereocenters. The van der Waals surface area contributed by atoms with E-state index in [9.17, 15) is 0 Å². The van der Waals surface area contributed by atoms with Crippen molar-refractivity contribution >= 4 is 5.96 Å². The van der Waals surface area contributed by atoms with Crippen LogP contribution in [0, 0.1) is 18.3 Å². The van der Waals surface area contributed by atoms with E-state index in [4.69, 9.17) is 6.42 Å². The van der Waals surface area contributed by atoms with Gasteiger partial charge in [0.2, 0.25) is 0 Å². The average molecular weight is 235 g/mol. The van der Waals surface area contributed by atoms with E-state index in [1.54, 1.807) is 0 Å². The lowest BCUT2D eigenvalue weighted by molar-refractivity contribution is 0.487. The van der Waals surface area contributed by atoms with Crippen molar-refractivity contribution in [3.05, 3.63) is 0 Å². The third-order valence-corrected chi connectivity index (χ3v) is 3.22. The van der Waals surface area contributed by atoms with Gasteiger partial charge in [-0.25, -0.2) is 0 Å². The summed E-state index contributed by atoms with van der Waals surface area (Å²) in [4.78, 5) is 4.51. The Morgan fingerprint density at radius 2 is 2.12 bits per heavy atom. The van der Waals surface area contributed by atoms with Gasteiger partial charge in [-0.3, -0.25) is 4.99 Å². The van der Waals surface area contributed by atoms with Gasteiger partial charge < -0.3 is 10.6 Å². The first-order valence-corrected chi connectivity index (χ1v) is 6.82. The number of aliphatic imine (C=N–C) groups is 1. The zero-order chi connectivity index (χ0) is 12.3. The van der Waals surface area contributed by atoms with E-state index >= 15 is 0 Å². The zero-order valence-corrected chi connectivity index (χ0v) is 11.0. The quantitative estimate of drug-likeness (QED) is 0.320. The molecule has 0 bridgehead atoms. The van der Waals surface area contributed by atoms with Crippen LogP contribution in [0.4, 0.5) is 0 Å². The molecule has 1 aliphatic rings. The summed E-state index contributed by atoms with van der Waals surface area (Å²) in [5.74, 6) is 4.37. The number of hydrogen-bond donors (Lipinski definition) is 2. The summed E-state index contributed by atoms with van der Waals surface area (Å²) >= 11 is 0. The van der Waals surface area contributed by atoms with E-state index < -0.39 is 0 Å². The second-order valence-electron chi connectivity index (χ2n) is 4.61. The molecule has 0 saturated heterocycles. The molecular formula is C14H25N3. The number of rotatable bonds is 6. The molecule has 0 atom stereocenters. The second-order valence-corrected chi connectivity index (χ2v) is 4.61. The summed E-state index contributed by atoms with van der Waals surface area (Å²) in [7, 11) is 0. The highest BCUT2D eigenvalue weighted by molar-refractivity contribution is 5.79. The molecule has 0 radical (unpaired) electrons. The molecule has 0 heterocycles. The van der Waals surface area contributed by atoms with Crippen LogP contribution < -0.4 is 10.6 Å². The molecule has 0 aromatic carbocycles. The van der Waals surface area contributed by atoms with Gasteiger partial charge in [-0.2, -0.15) is 0 Å². The normalized spacial score (nSPS) is 16.8. The lowest BCUT2D eigenvalue weighted by Gasteiger charge is -2.10. The number of terminal acetylenes is 1. The molecule has 1 aliphatic carbocycles. The molecule has 3 heteroatoms. The smallest absolute Gasteiger partial charge is 0.192 e. The fraction of sp³-hybridized carbons (Fsp3) is 0.786. The Kier molecular flexibility index (Phi) is 7.29. The number of nitrogens with zero attached hydrogens (tertiary/aromatic N) is 1. The lowest BCUT2D eigenvalue weighted by atomic mass is 10.0. The fourth-order valence-corrected chi connectivity index (χ4v) is 2.35. The maximum atomic E-state index is 5.22. The Hall–Kier alpha value is -1.17. The Bertz CT molecular complexity index is 259. The highest BCUT2D eigenvalue weighted by Gasteiger charge is 2.13. The predicted octanol–water partition coefficient (Wildman–Crippen LogP) is 2.15. The van der Waals surface area contributed by atoms with Crippen LogP contribution >= 0.6 is 0 Å². The number of nitrogens with one attached hydrogen (secondary N) is 2. The van der Waals surface area contributed by atoms with Crippen molar-refractivity contribution in [1.29, 1.82) is 0 Å². The summed E-state index contributed by atoms with van der Waals surface area (Å²) < 4.78 is 0. The van der Waals surface area contributed by atoms with Crippen LogP contribution in [0.1, 0.15) is 45.4 Å². The van der Waals surface area contributed by atoms with Crippen LogP contribution in [0.15, 0.2) is 4.99 Å². The van der Waals surface area contributed by atoms with Crippen molar-refractivity contribution in [2.75, 3.05) is 19.6 Å². The molecule has 1 rings (SSSR count). The molecule has 1 saturated carbocycles. The average Bonchev–Trinajstić information content (AvgIpc) is 2.84. The Labute approximate surface area is 105 Å². The molecule has 17 heavy (non-hydrogen) atoms. The third-order valence-electron chi connectivity index (χ3n) is 3.22. The van der Waals surface area contributed by atoms with Crippen molar-refractivity contribution in [3.63, 3.8) is 0 Å². The fourth-order valence-electron chi connectivity index (χ4n) is 2.35. The summed E-state index contributed by atoms with van der Waals surface area (Å²) in [6, 6.07) is 0. The molecular weight excluding hydrogens is 210 g/mol. The first-order chi connectivity index (χ1) is 8.36. The van der Waals surface area contributed by atoms with Gasteiger partial charge in [-0.1, -0.05) is 31.6 Å². The molecule has 0 aromatic rings. The highest BCUT2D eigenvalue weighted by atomic mass is 15.2. The Morgan fingerprint density at radius 1 is 1.35 bits per heavy atom. The minimum atomic E-state index is 0.536. The minimum absolute atomic E-state index is 0.536. The number of hydrogen-bond acceptors (Lipinski definition) is 1. The summed E-state index contributed by atoms with van der Waals surface area (Å²) in [5.41, 5.74) is 0. The standard InChI is InChI=1S/C14H25N3/c1-3-11-16-14(15-4-2)17-12-7-10-13-8-5-6-9-13/h1,13H,4-12H2,2H3,(H2,15,16,17). The van der Waals surface area contributed by atoms with E-state index in [0.717, 1.165) is 25.0 Å². The van der Waals surface area contributed by atoms with Crippen LogP contribution in [0.2, 0.25) is 0 Å². The predicted molar refractivity (Wildman–Crippen MR) is 74.0 cm³/mol. The van der Waals surface area contributed by atoms with Crippen LogP contribution in [0.3, 0.4) is 0 Å². The Morgan fingerprint density at radius 3 is 2.76 bits per heavy atom. The number of guanidine groups is 1.